The van der Waals surface area contributed by atoms with E-state index in [0.29, 0.717) is 17.4 Å². The number of hydrogen-bond donors (Lipinski definition) is 2. The van der Waals surface area contributed by atoms with Gasteiger partial charge in [0, 0.05) is 30.5 Å². The number of nitrogens with zero attached hydrogens (tertiary/aromatic N) is 4. The number of anilines is 4. The van der Waals surface area contributed by atoms with E-state index in [1.807, 2.05) is 24.3 Å². The summed E-state index contributed by atoms with van der Waals surface area (Å²) in [6.07, 6.45) is 5.35. The molecule has 1 fully saturated rings. The Morgan fingerprint density at radius 2 is 1.86 bits per heavy atom. The Morgan fingerprint density at radius 3 is 2.48 bits per heavy atom. The number of amides is 1. The van der Waals surface area contributed by atoms with Crippen LogP contribution in [0.3, 0.4) is 0 Å². The topological polar surface area (TPSA) is 96.2 Å². The average molecular weight is 392 g/mol. The number of carbonyl (C=O) groups is 1. The van der Waals surface area contributed by atoms with Crippen LogP contribution >= 0.6 is 0 Å². The van der Waals surface area contributed by atoms with Gasteiger partial charge >= 0.3 is 0 Å². The Bertz CT molecular complexity index is 960. The molecule has 1 aliphatic heterocycles. The average Bonchev–Trinajstić information content (AvgIpc) is 3.14. The van der Waals surface area contributed by atoms with Gasteiger partial charge in [-0.1, -0.05) is 12.1 Å². The zero-order chi connectivity index (χ0) is 20.2. The molecule has 1 amide bonds. The van der Waals surface area contributed by atoms with Crippen molar-refractivity contribution in [3.63, 3.8) is 0 Å². The number of aryl methyl sites for hydroxylation is 1. The van der Waals surface area contributed by atoms with Crippen LogP contribution in [0.25, 0.3) is 0 Å². The van der Waals surface area contributed by atoms with Gasteiger partial charge in [-0.25, -0.2) is 9.97 Å². The van der Waals surface area contributed by atoms with Crippen molar-refractivity contribution < 1.29 is 9.32 Å². The molecule has 2 aromatic heterocycles. The van der Waals surface area contributed by atoms with Gasteiger partial charge in [-0.05, 0) is 49.9 Å². The minimum absolute atomic E-state index is 0.237. The van der Waals surface area contributed by atoms with E-state index in [1.54, 1.807) is 13.0 Å². The second-order valence-corrected chi connectivity index (χ2v) is 7.41. The molecule has 3 aromatic rings. The molecule has 29 heavy (non-hydrogen) atoms. The van der Waals surface area contributed by atoms with Crippen LogP contribution in [0.2, 0.25) is 0 Å². The Kier molecular flexibility index (Phi) is 5.41. The molecule has 0 spiro atoms. The van der Waals surface area contributed by atoms with E-state index in [-0.39, 0.29) is 11.6 Å². The van der Waals surface area contributed by atoms with E-state index >= 15 is 0 Å². The molecule has 3 heterocycles. The van der Waals surface area contributed by atoms with Gasteiger partial charge < -0.3 is 20.1 Å². The third-order valence-electron chi connectivity index (χ3n) is 5.04. The fourth-order valence-electron chi connectivity index (χ4n) is 3.28. The van der Waals surface area contributed by atoms with Crippen LogP contribution in [-0.2, 0) is 0 Å². The van der Waals surface area contributed by atoms with Crippen molar-refractivity contribution in [3.8, 4) is 0 Å². The number of rotatable bonds is 5. The molecule has 0 atom stereocenters. The minimum atomic E-state index is -0.305. The summed E-state index contributed by atoms with van der Waals surface area (Å²) in [6, 6.07) is 9.67. The number of benzene rings is 1. The van der Waals surface area contributed by atoms with Crippen molar-refractivity contribution in [2.24, 2.45) is 5.92 Å². The Hall–Kier alpha value is -3.42. The fourth-order valence-corrected chi connectivity index (χ4v) is 3.28. The molecular weight excluding hydrogens is 368 g/mol. The van der Waals surface area contributed by atoms with E-state index < -0.39 is 0 Å². The molecule has 1 aromatic carbocycles. The molecule has 0 bridgehead atoms. The predicted molar refractivity (Wildman–Crippen MR) is 112 cm³/mol. The molecule has 4 rings (SSSR count). The number of nitrogens with one attached hydrogen (secondary N) is 2. The standard InChI is InChI=1S/C21H24N6O2/c1-14-7-9-27(10-8-14)17-5-3-16(4-6-17)24-21(28)18-12-23-20(13-22-18)25-19-11-15(2)29-26-19/h3-6,11-14H,7-10H2,1-2H3,(H,24,28)(H,23,25,26). The number of aromatic nitrogens is 3. The zero-order valence-corrected chi connectivity index (χ0v) is 16.6. The highest BCUT2D eigenvalue weighted by Gasteiger charge is 2.16. The summed E-state index contributed by atoms with van der Waals surface area (Å²) in [6.45, 7) is 6.26. The van der Waals surface area contributed by atoms with Gasteiger partial charge in [-0.15, -0.1) is 0 Å². The third kappa shape index (κ3) is 4.71. The van der Waals surface area contributed by atoms with Gasteiger partial charge in [0.05, 0.1) is 12.4 Å². The highest BCUT2D eigenvalue weighted by Crippen LogP contribution is 2.24. The fraction of sp³-hybridized carbons (Fsp3) is 0.333. The van der Waals surface area contributed by atoms with Crippen LogP contribution in [0.5, 0.6) is 0 Å². The maximum Gasteiger partial charge on any atom is 0.275 e. The molecule has 1 aliphatic rings. The maximum atomic E-state index is 12.4. The van der Waals surface area contributed by atoms with Crippen LogP contribution < -0.4 is 15.5 Å². The lowest BCUT2D eigenvalue weighted by molar-refractivity contribution is 0.102. The molecule has 8 nitrogen and oxygen atoms in total. The van der Waals surface area contributed by atoms with Crippen LogP contribution in [0, 0.1) is 12.8 Å². The van der Waals surface area contributed by atoms with Crippen molar-refractivity contribution in [2.75, 3.05) is 28.6 Å². The van der Waals surface area contributed by atoms with Crippen molar-refractivity contribution in [2.45, 2.75) is 26.7 Å². The summed E-state index contributed by atoms with van der Waals surface area (Å²) in [5.74, 6) is 2.21. The predicted octanol–water partition coefficient (Wildman–Crippen LogP) is 4.01. The SMILES string of the molecule is Cc1cc(Nc2cnc(C(=O)Nc3ccc(N4CCC(C)CC4)cc3)cn2)no1. The minimum Gasteiger partial charge on any atom is -0.372 e. The molecular formula is C21H24N6O2. The van der Waals surface area contributed by atoms with Crippen LogP contribution in [-0.4, -0.2) is 34.1 Å². The summed E-state index contributed by atoms with van der Waals surface area (Å²) >= 11 is 0. The summed E-state index contributed by atoms with van der Waals surface area (Å²) in [4.78, 5) is 23.2. The van der Waals surface area contributed by atoms with Crippen LogP contribution in [0.4, 0.5) is 23.0 Å². The molecule has 0 aliphatic carbocycles. The Balaban J connectivity index is 1.35. The quantitative estimate of drug-likeness (QED) is 0.677. The largest absolute Gasteiger partial charge is 0.372 e. The molecule has 0 radical (unpaired) electrons. The van der Waals surface area contributed by atoms with Gasteiger partial charge in [0.25, 0.3) is 5.91 Å². The van der Waals surface area contributed by atoms with Gasteiger partial charge in [0.2, 0.25) is 0 Å². The van der Waals surface area contributed by atoms with Crippen molar-refractivity contribution in [1.82, 2.24) is 15.1 Å². The molecule has 1 saturated heterocycles. The van der Waals surface area contributed by atoms with Gasteiger partial charge in [0.15, 0.2) is 5.82 Å². The molecule has 2 N–H and O–H groups in total. The number of hydrogen-bond acceptors (Lipinski definition) is 7. The lowest BCUT2D eigenvalue weighted by Gasteiger charge is -2.32. The molecule has 8 heteroatoms. The second-order valence-electron chi connectivity index (χ2n) is 7.41. The molecule has 150 valence electrons. The first-order chi connectivity index (χ1) is 14.1. The van der Waals surface area contributed by atoms with Crippen LogP contribution in [0.15, 0.2) is 47.2 Å². The summed E-state index contributed by atoms with van der Waals surface area (Å²) in [5.41, 5.74) is 2.15. The normalized spacial score (nSPS) is 14.6. The van der Waals surface area contributed by atoms with E-state index in [1.165, 1.54) is 30.9 Å². The van der Waals surface area contributed by atoms with Gasteiger partial charge in [-0.2, -0.15) is 0 Å². The smallest absolute Gasteiger partial charge is 0.275 e. The summed E-state index contributed by atoms with van der Waals surface area (Å²) in [5, 5.41) is 9.66. The maximum absolute atomic E-state index is 12.4. The van der Waals surface area contributed by atoms with E-state index in [2.05, 4.69) is 37.6 Å². The van der Waals surface area contributed by atoms with Crippen molar-refractivity contribution in [3.05, 3.63) is 54.2 Å². The third-order valence-corrected chi connectivity index (χ3v) is 5.04. The van der Waals surface area contributed by atoms with Crippen LogP contribution in [0.1, 0.15) is 36.0 Å². The van der Waals surface area contributed by atoms with E-state index in [9.17, 15) is 4.79 Å². The summed E-state index contributed by atoms with van der Waals surface area (Å²) < 4.78 is 4.99. The highest BCUT2D eigenvalue weighted by atomic mass is 16.5. The lowest BCUT2D eigenvalue weighted by atomic mass is 9.99. The van der Waals surface area contributed by atoms with Crippen molar-refractivity contribution in [1.29, 1.82) is 0 Å². The first-order valence-corrected chi connectivity index (χ1v) is 9.75. The first kappa shape index (κ1) is 18.9. The number of carbonyl (C=O) groups excluding carboxylic acids is 1. The Labute approximate surface area is 169 Å². The van der Waals surface area contributed by atoms with E-state index in [0.717, 1.165) is 24.7 Å². The van der Waals surface area contributed by atoms with Crippen molar-refractivity contribution >= 4 is 28.9 Å². The zero-order valence-electron chi connectivity index (χ0n) is 16.6. The first-order valence-electron chi connectivity index (χ1n) is 9.75. The van der Waals surface area contributed by atoms with E-state index in [4.69, 9.17) is 4.52 Å². The van der Waals surface area contributed by atoms with Gasteiger partial charge in [0.1, 0.15) is 17.3 Å². The Morgan fingerprint density at radius 1 is 1.10 bits per heavy atom. The second kappa shape index (κ2) is 8.30. The molecule has 0 unspecified atom stereocenters. The highest BCUT2D eigenvalue weighted by molar-refractivity contribution is 6.02. The summed E-state index contributed by atoms with van der Waals surface area (Å²) in [7, 11) is 0. The molecule has 0 saturated carbocycles. The monoisotopic (exact) mass is 392 g/mol. The lowest BCUT2D eigenvalue weighted by Crippen LogP contribution is -2.32. The number of piperidine rings is 1. The van der Waals surface area contributed by atoms with Gasteiger partial charge in [-0.3, -0.25) is 4.79 Å².